The Kier molecular flexibility index (Phi) is 5.34. The van der Waals surface area contributed by atoms with Crippen LogP contribution in [0.5, 0.6) is 0 Å². The second-order valence-corrected chi connectivity index (χ2v) is 6.62. The molecule has 6 N–H and O–H groups in total. The van der Waals surface area contributed by atoms with E-state index in [1.165, 1.54) is 0 Å². The van der Waals surface area contributed by atoms with E-state index >= 15 is 0 Å². The number of nitrogen functional groups attached to an aromatic ring is 1. The van der Waals surface area contributed by atoms with Crippen molar-refractivity contribution in [3.05, 3.63) is 6.20 Å². The highest BCUT2D eigenvalue weighted by Gasteiger charge is 2.25. The Morgan fingerprint density at radius 2 is 1.75 bits per heavy atom. The summed E-state index contributed by atoms with van der Waals surface area (Å²) in [5, 5.41) is 6.74. The number of nitrogens with two attached hydrogens (primary N) is 2. The van der Waals surface area contributed by atoms with Gasteiger partial charge in [-0.3, -0.25) is 4.79 Å². The van der Waals surface area contributed by atoms with Gasteiger partial charge in [0.05, 0.1) is 11.9 Å². The summed E-state index contributed by atoms with van der Waals surface area (Å²) in [5.74, 6) is 1.04. The van der Waals surface area contributed by atoms with Gasteiger partial charge in [0.25, 0.3) is 0 Å². The van der Waals surface area contributed by atoms with E-state index in [1.807, 2.05) is 0 Å². The number of nitrogens with zero attached hydrogens (tertiary/aromatic N) is 2. The first-order valence-corrected chi connectivity index (χ1v) is 8.64. The van der Waals surface area contributed by atoms with Crippen molar-refractivity contribution in [3.63, 3.8) is 0 Å². The topological polar surface area (TPSA) is 128 Å². The molecular weight excluding hydrogens is 308 g/mol. The predicted molar refractivity (Wildman–Crippen MR) is 92.5 cm³/mol. The number of nitrogens with one attached hydrogen (secondary N) is 2. The van der Waals surface area contributed by atoms with Crippen LogP contribution in [0.3, 0.4) is 0 Å². The van der Waals surface area contributed by atoms with E-state index in [0.717, 1.165) is 51.7 Å². The molecule has 0 bridgehead atoms. The van der Waals surface area contributed by atoms with Gasteiger partial charge in [-0.2, -0.15) is 4.98 Å². The van der Waals surface area contributed by atoms with Crippen LogP contribution < -0.4 is 22.1 Å². The van der Waals surface area contributed by atoms with Gasteiger partial charge in [0, 0.05) is 31.2 Å². The third-order valence-electron chi connectivity index (χ3n) is 4.84. The number of aromatic nitrogens is 2. The van der Waals surface area contributed by atoms with Crippen LogP contribution in [-0.4, -0.2) is 41.2 Å². The number of hydrogen-bond acceptors (Lipinski definition) is 7. The standard InChI is InChI=1S/C16H26N6O2/c17-13-9-19-16(21-12-5-7-24-8-6-12)22-15(13)20-11-3-1-10(2-4-11)14(18)23/h9-12H,1-8,17H2,(H2,18,23)(H2,19,20,21,22)/t10-,11+. The molecule has 0 spiro atoms. The van der Waals surface area contributed by atoms with Crippen molar-refractivity contribution in [1.29, 1.82) is 0 Å². The van der Waals surface area contributed by atoms with E-state index in [2.05, 4.69) is 20.6 Å². The van der Waals surface area contributed by atoms with Crippen molar-refractivity contribution < 1.29 is 9.53 Å². The van der Waals surface area contributed by atoms with Crippen LogP contribution in [0.15, 0.2) is 6.20 Å². The average Bonchev–Trinajstić information content (AvgIpc) is 2.59. The summed E-state index contributed by atoms with van der Waals surface area (Å²) in [7, 11) is 0. The van der Waals surface area contributed by atoms with E-state index in [1.54, 1.807) is 6.20 Å². The minimum Gasteiger partial charge on any atom is -0.394 e. The molecule has 132 valence electrons. The largest absolute Gasteiger partial charge is 0.394 e. The fraction of sp³-hybridized carbons (Fsp3) is 0.688. The molecule has 2 fully saturated rings. The molecule has 0 radical (unpaired) electrons. The van der Waals surface area contributed by atoms with Gasteiger partial charge in [0.1, 0.15) is 0 Å². The summed E-state index contributed by atoms with van der Waals surface area (Å²) in [5.41, 5.74) is 11.9. The lowest BCUT2D eigenvalue weighted by Gasteiger charge is -2.28. The number of primary amides is 1. The van der Waals surface area contributed by atoms with Gasteiger partial charge in [0.15, 0.2) is 5.82 Å². The second kappa shape index (κ2) is 7.65. The molecule has 2 aliphatic rings. The van der Waals surface area contributed by atoms with E-state index < -0.39 is 0 Å². The number of hydrogen-bond donors (Lipinski definition) is 4. The number of carbonyl (C=O) groups excluding carboxylic acids is 1. The molecule has 2 heterocycles. The summed E-state index contributed by atoms with van der Waals surface area (Å²) >= 11 is 0. The minimum atomic E-state index is -0.196. The third kappa shape index (κ3) is 4.25. The second-order valence-electron chi connectivity index (χ2n) is 6.62. The van der Waals surface area contributed by atoms with Crippen molar-refractivity contribution in [2.45, 2.75) is 50.6 Å². The first-order valence-electron chi connectivity index (χ1n) is 8.64. The molecule has 8 nitrogen and oxygen atoms in total. The first kappa shape index (κ1) is 16.8. The lowest BCUT2D eigenvalue weighted by Crippen LogP contribution is -2.33. The van der Waals surface area contributed by atoms with Crippen LogP contribution in [0.2, 0.25) is 0 Å². The zero-order chi connectivity index (χ0) is 16.9. The molecular formula is C16H26N6O2. The summed E-state index contributed by atoms with van der Waals surface area (Å²) in [6.45, 7) is 1.53. The average molecular weight is 334 g/mol. The highest BCUT2D eigenvalue weighted by atomic mass is 16.5. The van der Waals surface area contributed by atoms with Gasteiger partial charge in [-0.25, -0.2) is 4.98 Å². The fourth-order valence-electron chi connectivity index (χ4n) is 3.32. The Hall–Kier alpha value is -2.09. The maximum absolute atomic E-state index is 11.3. The Morgan fingerprint density at radius 3 is 2.42 bits per heavy atom. The predicted octanol–water partition coefficient (Wildman–Crippen LogP) is 1.11. The molecule has 0 unspecified atom stereocenters. The van der Waals surface area contributed by atoms with E-state index in [0.29, 0.717) is 23.5 Å². The van der Waals surface area contributed by atoms with Crippen LogP contribution in [0.25, 0.3) is 0 Å². The van der Waals surface area contributed by atoms with Crippen LogP contribution in [0.4, 0.5) is 17.5 Å². The summed E-state index contributed by atoms with van der Waals surface area (Å²) in [4.78, 5) is 20.0. The minimum absolute atomic E-state index is 0.00320. The molecule has 24 heavy (non-hydrogen) atoms. The molecule has 0 aromatic carbocycles. The number of anilines is 3. The van der Waals surface area contributed by atoms with Gasteiger partial charge in [-0.05, 0) is 38.5 Å². The van der Waals surface area contributed by atoms with E-state index in [9.17, 15) is 4.79 Å². The highest BCUT2D eigenvalue weighted by Crippen LogP contribution is 2.27. The Balaban J connectivity index is 1.58. The van der Waals surface area contributed by atoms with Crippen molar-refractivity contribution in [1.82, 2.24) is 9.97 Å². The zero-order valence-electron chi connectivity index (χ0n) is 13.8. The van der Waals surface area contributed by atoms with Gasteiger partial charge < -0.3 is 26.8 Å². The first-order chi connectivity index (χ1) is 11.6. The molecule has 1 aliphatic heterocycles. The smallest absolute Gasteiger partial charge is 0.224 e. The van der Waals surface area contributed by atoms with E-state index in [4.69, 9.17) is 16.2 Å². The molecule has 1 saturated heterocycles. The maximum atomic E-state index is 11.3. The monoisotopic (exact) mass is 334 g/mol. The molecule has 1 saturated carbocycles. The maximum Gasteiger partial charge on any atom is 0.224 e. The fourth-order valence-corrected chi connectivity index (χ4v) is 3.32. The normalized spacial score (nSPS) is 25.2. The van der Waals surface area contributed by atoms with Crippen LogP contribution in [0.1, 0.15) is 38.5 Å². The van der Waals surface area contributed by atoms with Crippen molar-refractivity contribution in [3.8, 4) is 0 Å². The SMILES string of the molecule is Nc1cnc(NC2CCOCC2)nc1N[C@H]1CC[C@@H](C(N)=O)CC1. The molecule has 1 aromatic rings. The molecule has 1 aromatic heterocycles. The summed E-state index contributed by atoms with van der Waals surface area (Å²) in [6.07, 6.45) is 6.93. The lowest BCUT2D eigenvalue weighted by molar-refractivity contribution is -0.122. The molecule has 0 atom stereocenters. The third-order valence-corrected chi connectivity index (χ3v) is 4.84. The van der Waals surface area contributed by atoms with Crippen LogP contribution in [0, 0.1) is 5.92 Å². The van der Waals surface area contributed by atoms with Crippen molar-refractivity contribution >= 4 is 23.4 Å². The highest BCUT2D eigenvalue weighted by molar-refractivity contribution is 5.76. The molecule has 1 amide bonds. The van der Waals surface area contributed by atoms with Gasteiger partial charge >= 0.3 is 0 Å². The van der Waals surface area contributed by atoms with Gasteiger partial charge in [-0.15, -0.1) is 0 Å². The molecule has 1 aliphatic carbocycles. The van der Waals surface area contributed by atoms with Gasteiger partial charge in [-0.1, -0.05) is 0 Å². The van der Waals surface area contributed by atoms with Crippen molar-refractivity contribution in [2.24, 2.45) is 11.7 Å². The number of amides is 1. The van der Waals surface area contributed by atoms with Crippen molar-refractivity contribution in [2.75, 3.05) is 29.6 Å². The number of carbonyl (C=O) groups is 1. The Bertz CT molecular complexity index is 568. The molecule has 3 rings (SSSR count). The molecule has 8 heteroatoms. The Labute approximate surface area is 141 Å². The van der Waals surface area contributed by atoms with Crippen LogP contribution >= 0.6 is 0 Å². The summed E-state index contributed by atoms with van der Waals surface area (Å²) in [6, 6.07) is 0.593. The summed E-state index contributed by atoms with van der Waals surface area (Å²) < 4.78 is 5.36. The van der Waals surface area contributed by atoms with E-state index in [-0.39, 0.29) is 17.9 Å². The Morgan fingerprint density at radius 1 is 1.08 bits per heavy atom. The van der Waals surface area contributed by atoms with Crippen LogP contribution in [-0.2, 0) is 9.53 Å². The lowest BCUT2D eigenvalue weighted by atomic mass is 9.85. The number of ether oxygens (including phenoxy) is 1. The zero-order valence-corrected chi connectivity index (χ0v) is 13.8. The number of rotatable bonds is 5. The quantitative estimate of drug-likeness (QED) is 0.635. The van der Waals surface area contributed by atoms with Gasteiger partial charge in [0.2, 0.25) is 11.9 Å².